The van der Waals surface area contributed by atoms with Gasteiger partial charge >= 0.3 is 59.1 Å². The number of carbonyl (C=O) groups is 2. The molecule has 0 fully saturated rings. The Hall–Kier alpha value is 0.780. The SMILES string of the molecule is NCCN.O=C([O-])C(O)C(O)C(=O)[O-].[Na+].[Na+]. The van der Waals surface area contributed by atoms with Crippen molar-refractivity contribution < 1.29 is 89.1 Å². The Bertz CT molecular complexity index is 174. The largest absolute Gasteiger partial charge is 1.00 e. The van der Waals surface area contributed by atoms with Gasteiger partial charge in [-0.1, -0.05) is 0 Å². The predicted molar refractivity (Wildman–Crippen MR) is 40.1 cm³/mol. The zero-order valence-corrected chi connectivity index (χ0v) is 13.3. The normalized spacial score (nSPS) is 11.8. The fraction of sp³-hybridized carbons (Fsp3) is 0.667. The molecule has 0 aliphatic carbocycles. The van der Waals surface area contributed by atoms with E-state index in [4.69, 9.17) is 21.7 Å². The molecule has 0 saturated heterocycles. The van der Waals surface area contributed by atoms with Crippen molar-refractivity contribution >= 4 is 11.9 Å². The molecule has 2 atom stereocenters. The molecule has 0 aliphatic heterocycles. The second-order valence-electron chi connectivity index (χ2n) is 2.11. The van der Waals surface area contributed by atoms with E-state index in [0.717, 1.165) is 0 Å². The van der Waals surface area contributed by atoms with Gasteiger partial charge in [0.25, 0.3) is 0 Å². The summed E-state index contributed by atoms with van der Waals surface area (Å²) in [7, 11) is 0. The summed E-state index contributed by atoms with van der Waals surface area (Å²) in [6.07, 6.45) is -4.88. The smallest absolute Gasteiger partial charge is 0.547 e. The maximum atomic E-state index is 9.63. The van der Waals surface area contributed by atoms with Crippen LogP contribution in [0.4, 0.5) is 0 Å². The van der Waals surface area contributed by atoms with Gasteiger partial charge in [0.1, 0.15) is 12.2 Å². The van der Waals surface area contributed by atoms with E-state index in [0.29, 0.717) is 13.1 Å². The molecular weight excluding hydrogens is 242 g/mol. The van der Waals surface area contributed by atoms with Gasteiger partial charge in [0.2, 0.25) is 0 Å². The molecule has 84 valence electrons. The Balaban J connectivity index is -0.000000105. The summed E-state index contributed by atoms with van der Waals surface area (Å²) in [6, 6.07) is 0. The van der Waals surface area contributed by atoms with Crippen molar-refractivity contribution in [2.75, 3.05) is 13.1 Å². The first-order valence-electron chi connectivity index (χ1n) is 3.56. The Kier molecular flexibility index (Phi) is 25.2. The number of rotatable bonds is 4. The van der Waals surface area contributed by atoms with E-state index in [1.807, 2.05) is 0 Å². The van der Waals surface area contributed by atoms with Gasteiger partial charge < -0.3 is 41.5 Å². The summed E-state index contributed by atoms with van der Waals surface area (Å²) in [6.45, 7) is 1.19. The first kappa shape index (κ1) is 25.6. The molecule has 0 radical (unpaired) electrons. The van der Waals surface area contributed by atoms with Crippen LogP contribution in [0.1, 0.15) is 0 Å². The zero-order chi connectivity index (χ0) is 11.7. The van der Waals surface area contributed by atoms with Crippen LogP contribution in [-0.4, -0.2) is 47.4 Å². The second kappa shape index (κ2) is 15.8. The average Bonchev–Trinajstić information content (AvgIpc) is 2.15. The second-order valence-corrected chi connectivity index (χ2v) is 2.11. The third-order valence-electron chi connectivity index (χ3n) is 0.949. The van der Waals surface area contributed by atoms with Gasteiger partial charge in [0.15, 0.2) is 0 Å². The van der Waals surface area contributed by atoms with Crippen molar-refractivity contribution in [2.45, 2.75) is 12.2 Å². The number of aliphatic hydroxyl groups excluding tert-OH is 2. The predicted octanol–water partition coefficient (Wildman–Crippen LogP) is -11.9. The summed E-state index contributed by atoms with van der Waals surface area (Å²) in [4.78, 5) is 19.3. The fourth-order valence-corrected chi connectivity index (χ4v) is 0.258. The third kappa shape index (κ3) is 14.8. The van der Waals surface area contributed by atoms with Crippen molar-refractivity contribution in [2.24, 2.45) is 11.5 Å². The number of hydrogen-bond donors (Lipinski definition) is 4. The van der Waals surface area contributed by atoms with Gasteiger partial charge in [-0.2, -0.15) is 0 Å². The van der Waals surface area contributed by atoms with Crippen LogP contribution in [0.3, 0.4) is 0 Å². The zero-order valence-electron chi connectivity index (χ0n) is 9.25. The minimum absolute atomic E-state index is 0. The number of carbonyl (C=O) groups excluding carboxylic acids is 2. The number of carboxylic acid groups (broad SMARTS) is 2. The van der Waals surface area contributed by atoms with Gasteiger partial charge in [-0.05, 0) is 0 Å². The summed E-state index contributed by atoms with van der Waals surface area (Å²) in [5.41, 5.74) is 9.81. The van der Waals surface area contributed by atoms with E-state index >= 15 is 0 Å². The molecule has 0 heterocycles. The van der Waals surface area contributed by atoms with Crippen LogP contribution in [-0.2, 0) is 9.59 Å². The molecule has 0 saturated carbocycles. The molecule has 0 rings (SSSR count). The van der Waals surface area contributed by atoms with Crippen molar-refractivity contribution in [1.29, 1.82) is 0 Å². The van der Waals surface area contributed by atoms with E-state index in [-0.39, 0.29) is 59.1 Å². The van der Waals surface area contributed by atoms with E-state index in [9.17, 15) is 19.8 Å². The minimum Gasteiger partial charge on any atom is -0.547 e. The van der Waals surface area contributed by atoms with Crippen LogP contribution in [0.2, 0.25) is 0 Å². The number of nitrogens with two attached hydrogens (primary N) is 2. The standard InChI is InChI=1S/C4H6O6.C2H8N2.2Na/c5-1(3(7)8)2(6)4(9)10;3-1-2-4;;/h1-2,5-6H,(H,7,8)(H,9,10);1-4H2;;/q;;2*+1/p-2. The third-order valence-corrected chi connectivity index (χ3v) is 0.949. The molecule has 8 nitrogen and oxygen atoms in total. The first-order valence-corrected chi connectivity index (χ1v) is 3.56. The molecular formula is C6H12N2Na2O6. The molecule has 0 aromatic carbocycles. The molecule has 10 heteroatoms. The molecule has 0 aliphatic rings. The average molecular weight is 254 g/mol. The van der Waals surface area contributed by atoms with Crippen molar-refractivity contribution in [3.05, 3.63) is 0 Å². The fourth-order valence-electron chi connectivity index (χ4n) is 0.258. The molecule has 2 unspecified atom stereocenters. The minimum atomic E-state index is -2.44. The quantitative estimate of drug-likeness (QED) is 0.358. The molecule has 16 heavy (non-hydrogen) atoms. The number of aliphatic hydroxyl groups is 2. The first-order chi connectivity index (χ1) is 6.38. The maximum absolute atomic E-state index is 9.63. The van der Waals surface area contributed by atoms with Gasteiger partial charge in [0.05, 0.1) is 11.9 Å². The maximum Gasteiger partial charge on any atom is 1.00 e. The topological polar surface area (TPSA) is 173 Å². The summed E-state index contributed by atoms with van der Waals surface area (Å²) >= 11 is 0. The van der Waals surface area contributed by atoms with Gasteiger partial charge in [0, 0.05) is 13.1 Å². The molecule has 0 bridgehead atoms. The molecule has 0 spiro atoms. The summed E-state index contributed by atoms with van der Waals surface area (Å²) in [5.74, 6) is -4.12. The van der Waals surface area contributed by atoms with Crippen molar-refractivity contribution in [3.63, 3.8) is 0 Å². The van der Waals surface area contributed by atoms with Gasteiger partial charge in [-0.3, -0.25) is 0 Å². The Labute approximate surface area is 137 Å². The van der Waals surface area contributed by atoms with Crippen LogP contribution in [0.15, 0.2) is 0 Å². The van der Waals surface area contributed by atoms with Crippen molar-refractivity contribution in [3.8, 4) is 0 Å². The van der Waals surface area contributed by atoms with E-state index in [2.05, 4.69) is 0 Å². The molecule has 0 aromatic rings. The van der Waals surface area contributed by atoms with Gasteiger partial charge in [-0.15, -0.1) is 0 Å². The van der Waals surface area contributed by atoms with Gasteiger partial charge in [-0.25, -0.2) is 0 Å². The number of aliphatic carboxylic acids is 2. The Morgan fingerprint density at radius 1 is 0.938 bits per heavy atom. The Morgan fingerprint density at radius 3 is 1.19 bits per heavy atom. The Morgan fingerprint density at radius 2 is 1.12 bits per heavy atom. The van der Waals surface area contributed by atoms with E-state index in [1.54, 1.807) is 0 Å². The molecule has 6 N–H and O–H groups in total. The molecule has 0 aromatic heterocycles. The number of hydrogen-bond acceptors (Lipinski definition) is 8. The van der Waals surface area contributed by atoms with Crippen LogP contribution in [0.5, 0.6) is 0 Å². The van der Waals surface area contributed by atoms with Crippen LogP contribution in [0.25, 0.3) is 0 Å². The van der Waals surface area contributed by atoms with E-state index < -0.39 is 24.1 Å². The van der Waals surface area contributed by atoms with Crippen LogP contribution < -0.4 is 80.8 Å². The van der Waals surface area contributed by atoms with Crippen LogP contribution in [0, 0.1) is 0 Å². The van der Waals surface area contributed by atoms with E-state index in [1.165, 1.54) is 0 Å². The van der Waals surface area contributed by atoms with Crippen molar-refractivity contribution in [1.82, 2.24) is 0 Å². The molecule has 0 amide bonds. The summed E-state index contributed by atoms with van der Waals surface area (Å²) < 4.78 is 0. The van der Waals surface area contributed by atoms with Crippen LogP contribution >= 0.6 is 0 Å². The monoisotopic (exact) mass is 254 g/mol. The summed E-state index contributed by atoms with van der Waals surface area (Å²) in [5, 5.41) is 35.7. The number of carboxylic acids is 2.